The molecule has 226 valence electrons. The number of hydrogen-bond acceptors (Lipinski definition) is 5. The summed E-state index contributed by atoms with van der Waals surface area (Å²) in [7, 11) is -4.18. The number of nitrogens with zero attached hydrogens (tertiary/aromatic N) is 2. The van der Waals surface area contributed by atoms with E-state index < -0.39 is 28.5 Å². The number of carbonyl (C=O) groups is 2. The van der Waals surface area contributed by atoms with E-state index in [0.717, 1.165) is 21.9 Å². The van der Waals surface area contributed by atoms with Crippen LogP contribution in [0.4, 0.5) is 5.69 Å². The zero-order valence-electron chi connectivity index (χ0n) is 25.2. The Kier molecular flexibility index (Phi) is 12.0. The molecule has 0 fully saturated rings. The van der Waals surface area contributed by atoms with Crippen molar-refractivity contribution in [1.29, 1.82) is 0 Å². The van der Waals surface area contributed by atoms with Gasteiger partial charge < -0.3 is 15.0 Å². The number of carbonyl (C=O) groups excluding carboxylic acids is 2. The average molecular weight is 594 g/mol. The van der Waals surface area contributed by atoms with E-state index >= 15 is 0 Å². The van der Waals surface area contributed by atoms with Gasteiger partial charge in [-0.2, -0.15) is 0 Å². The Morgan fingerprint density at radius 2 is 1.52 bits per heavy atom. The summed E-state index contributed by atoms with van der Waals surface area (Å²) in [5, 5.41) is 3.00. The fraction of sp³-hybridized carbons (Fsp3) is 0.394. The Labute approximate surface area is 250 Å². The van der Waals surface area contributed by atoms with Gasteiger partial charge >= 0.3 is 0 Å². The van der Waals surface area contributed by atoms with Crippen molar-refractivity contribution >= 4 is 27.5 Å². The number of ether oxygens (including phenoxy) is 1. The van der Waals surface area contributed by atoms with Gasteiger partial charge in [0.1, 0.15) is 18.3 Å². The summed E-state index contributed by atoms with van der Waals surface area (Å²) in [4.78, 5) is 29.2. The molecule has 0 heterocycles. The van der Waals surface area contributed by atoms with Gasteiger partial charge in [-0.3, -0.25) is 13.9 Å². The van der Waals surface area contributed by atoms with Crippen LogP contribution in [-0.4, -0.2) is 56.9 Å². The Balaban J connectivity index is 2.06. The third-order valence-electron chi connectivity index (χ3n) is 7.19. The lowest BCUT2D eigenvalue weighted by Crippen LogP contribution is -2.54. The van der Waals surface area contributed by atoms with Gasteiger partial charge in [-0.25, -0.2) is 8.42 Å². The van der Waals surface area contributed by atoms with Crippen LogP contribution >= 0.6 is 0 Å². The van der Waals surface area contributed by atoms with Gasteiger partial charge in [0.05, 0.1) is 17.2 Å². The number of aryl methyl sites for hydroxylation is 1. The quantitative estimate of drug-likeness (QED) is 0.256. The summed E-state index contributed by atoms with van der Waals surface area (Å²) in [6.45, 7) is 9.52. The predicted molar refractivity (Wildman–Crippen MR) is 167 cm³/mol. The number of nitrogens with one attached hydrogen (secondary N) is 1. The molecule has 0 aromatic heterocycles. The summed E-state index contributed by atoms with van der Waals surface area (Å²) < 4.78 is 35.1. The SMILES string of the molecule is CCOc1ccccc1N(CC(=O)N(CCc1ccccc1)[C@H](CC)C(=O)N[C@@H](C)CC)S(=O)(=O)c1ccc(C)cc1. The van der Waals surface area contributed by atoms with Gasteiger partial charge in [0.2, 0.25) is 11.8 Å². The number of sulfonamides is 1. The van der Waals surface area contributed by atoms with Crippen LogP contribution in [0, 0.1) is 6.92 Å². The van der Waals surface area contributed by atoms with Crippen molar-refractivity contribution in [3.63, 3.8) is 0 Å². The van der Waals surface area contributed by atoms with E-state index in [1.54, 1.807) is 36.4 Å². The van der Waals surface area contributed by atoms with Gasteiger partial charge in [-0.05, 0) is 69.9 Å². The number of benzene rings is 3. The van der Waals surface area contributed by atoms with E-state index in [4.69, 9.17) is 4.74 Å². The first kappa shape index (κ1) is 32.7. The fourth-order valence-electron chi connectivity index (χ4n) is 4.63. The number of hydrogen-bond donors (Lipinski definition) is 1. The molecule has 2 atom stereocenters. The van der Waals surface area contributed by atoms with Crippen LogP contribution in [-0.2, 0) is 26.0 Å². The highest BCUT2D eigenvalue weighted by molar-refractivity contribution is 7.92. The standard InChI is InChI=1S/C33H43N3O5S/c1-6-26(5)34-33(38)29(7-2)35(23-22-27-14-10-9-11-15-27)32(37)24-36(30-16-12-13-17-31(30)41-8-3)42(39,40)28-20-18-25(4)19-21-28/h9-21,26,29H,6-8,22-24H2,1-5H3,(H,34,38)/t26-,29+/m0/s1. The van der Waals surface area contributed by atoms with E-state index in [9.17, 15) is 18.0 Å². The third kappa shape index (κ3) is 8.35. The molecule has 0 bridgehead atoms. The summed E-state index contributed by atoms with van der Waals surface area (Å²) in [5.41, 5.74) is 2.18. The lowest BCUT2D eigenvalue weighted by molar-refractivity contribution is -0.139. The van der Waals surface area contributed by atoms with Crippen LogP contribution in [0.1, 0.15) is 51.7 Å². The van der Waals surface area contributed by atoms with E-state index in [1.165, 1.54) is 17.0 Å². The molecule has 9 heteroatoms. The Morgan fingerprint density at radius 3 is 2.14 bits per heavy atom. The second-order valence-electron chi connectivity index (χ2n) is 10.3. The minimum atomic E-state index is -4.18. The molecule has 3 rings (SSSR count). The summed E-state index contributed by atoms with van der Waals surface area (Å²) in [5.74, 6) is -0.379. The van der Waals surface area contributed by atoms with Gasteiger partial charge in [0.15, 0.2) is 0 Å². The zero-order valence-corrected chi connectivity index (χ0v) is 26.1. The first-order valence-electron chi connectivity index (χ1n) is 14.6. The molecule has 2 amide bonds. The number of rotatable bonds is 15. The lowest BCUT2D eigenvalue weighted by Gasteiger charge is -2.34. The minimum absolute atomic E-state index is 0.0598. The van der Waals surface area contributed by atoms with E-state index in [2.05, 4.69) is 5.32 Å². The predicted octanol–water partition coefficient (Wildman–Crippen LogP) is 5.35. The number of amides is 2. The molecular weight excluding hydrogens is 550 g/mol. The molecular formula is C33H43N3O5S. The molecule has 0 aliphatic carbocycles. The maximum absolute atomic E-state index is 14.2. The largest absolute Gasteiger partial charge is 0.492 e. The molecule has 0 unspecified atom stereocenters. The van der Waals surface area contributed by atoms with Gasteiger partial charge in [0.25, 0.3) is 10.0 Å². The van der Waals surface area contributed by atoms with Gasteiger partial charge in [-0.1, -0.05) is 74.0 Å². The molecule has 0 aliphatic heterocycles. The highest BCUT2D eigenvalue weighted by Crippen LogP contribution is 2.33. The molecule has 0 radical (unpaired) electrons. The van der Waals surface area contributed by atoms with Crippen molar-refractivity contribution in [3.8, 4) is 5.75 Å². The molecule has 3 aromatic rings. The molecule has 1 N–H and O–H groups in total. The molecule has 0 aliphatic rings. The molecule has 3 aromatic carbocycles. The van der Waals surface area contributed by atoms with Crippen LogP contribution in [0.3, 0.4) is 0 Å². The number of para-hydroxylation sites is 2. The lowest BCUT2D eigenvalue weighted by atomic mass is 10.1. The van der Waals surface area contributed by atoms with E-state index in [0.29, 0.717) is 25.2 Å². The normalized spacial score (nSPS) is 12.7. The molecule has 8 nitrogen and oxygen atoms in total. The highest BCUT2D eigenvalue weighted by Gasteiger charge is 2.34. The van der Waals surface area contributed by atoms with Crippen LogP contribution in [0.25, 0.3) is 0 Å². The second kappa shape index (κ2) is 15.4. The van der Waals surface area contributed by atoms with Gasteiger partial charge in [0, 0.05) is 12.6 Å². The smallest absolute Gasteiger partial charge is 0.264 e. The Hall–Kier alpha value is -3.85. The average Bonchev–Trinajstić information content (AvgIpc) is 2.99. The topological polar surface area (TPSA) is 96.0 Å². The van der Waals surface area contributed by atoms with Gasteiger partial charge in [-0.15, -0.1) is 0 Å². The summed E-state index contributed by atoms with van der Waals surface area (Å²) in [6, 6.07) is 22.2. The monoisotopic (exact) mass is 593 g/mol. The molecule has 0 saturated carbocycles. The Morgan fingerprint density at radius 1 is 0.881 bits per heavy atom. The van der Waals surface area contributed by atoms with E-state index in [1.807, 2.05) is 65.0 Å². The van der Waals surface area contributed by atoms with Crippen molar-refractivity contribution < 1.29 is 22.7 Å². The summed E-state index contributed by atoms with van der Waals surface area (Å²) in [6.07, 6.45) is 1.64. The fourth-order valence-corrected chi connectivity index (χ4v) is 6.05. The maximum atomic E-state index is 14.2. The van der Waals surface area contributed by atoms with Crippen LogP contribution < -0.4 is 14.4 Å². The third-order valence-corrected chi connectivity index (χ3v) is 8.97. The first-order valence-corrected chi connectivity index (χ1v) is 16.0. The first-order chi connectivity index (χ1) is 20.1. The van der Waals surface area contributed by atoms with Crippen molar-refractivity contribution in [2.24, 2.45) is 0 Å². The van der Waals surface area contributed by atoms with Crippen LogP contribution in [0.2, 0.25) is 0 Å². The Bertz CT molecular complexity index is 1410. The van der Waals surface area contributed by atoms with E-state index in [-0.39, 0.29) is 29.1 Å². The second-order valence-corrected chi connectivity index (χ2v) is 12.2. The minimum Gasteiger partial charge on any atom is -0.492 e. The van der Waals surface area contributed by atoms with Crippen molar-refractivity contribution in [3.05, 3.63) is 90.0 Å². The number of anilines is 1. The molecule has 42 heavy (non-hydrogen) atoms. The van der Waals surface area contributed by atoms with Crippen molar-refractivity contribution in [2.75, 3.05) is 24.0 Å². The summed E-state index contributed by atoms with van der Waals surface area (Å²) >= 11 is 0. The highest BCUT2D eigenvalue weighted by atomic mass is 32.2. The zero-order chi connectivity index (χ0) is 30.7. The van der Waals surface area contributed by atoms with Crippen molar-refractivity contribution in [2.45, 2.75) is 70.9 Å². The maximum Gasteiger partial charge on any atom is 0.264 e. The molecule has 0 saturated heterocycles. The van der Waals surface area contributed by atoms with Crippen molar-refractivity contribution in [1.82, 2.24) is 10.2 Å². The molecule has 0 spiro atoms. The van der Waals surface area contributed by atoms with Crippen LogP contribution in [0.5, 0.6) is 5.75 Å². The van der Waals surface area contributed by atoms with Crippen LogP contribution in [0.15, 0.2) is 83.8 Å².